The molecule has 1 aliphatic rings. The van der Waals surface area contributed by atoms with Crippen LogP contribution < -0.4 is 5.32 Å². The van der Waals surface area contributed by atoms with Crippen LogP contribution in [-0.2, 0) is 0 Å². The van der Waals surface area contributed by atoms with E-state index in [9.17, 15) is 13.2 Å². The number of alkyl halides is 3. The van der Waals surface area contributed by atoms with Gasteiger partial charge in [-0.2, -0.15) is 13.2 Å². The lowest BCUT2D eigenvalue weighted by Crippen LogP contribution is -2.43. The van der Waals surface area contributed by atoms with Crippen molar-refractivity contribution in [3.63, 3.8) is 0 Å². The van der Waals surface area contributed by atoms with Crippen molar-refractivity contribution in [3.8, 4) is 0 Å². The third-order valence-corrected chi connectivity index (χ3v) is 3.40. The average molecular weight is 252 g/mol. The zero-order valence-corrected chi connectivity index (χ0v) is 10.7. The summed E-state index contributed by atoms with van der Waals surface area (Å²) < 4.78 is 37.8. The Balaban J connectivity index is 2.30. The summed E-state index contributed by atoms with van der Waals surface area (Å²) >= 11 is 0. The quantitative estimate of drug-likeness (QED) is 0.809. The molecule has 0 aromatic rings. The first-order valence-electron chi connectivity index (χ1n) is 6.46. The number of nitrogens with zero attached hydrogens (tertiary/aromatic N) is 1. The smallest absolute Gasteiger partial charge is 0.314 e. The summed E-state index contributed by atoms with van der Waals surface area (Å²) in [7, 11) is 0. The summed E-state index contributed by atoms with van der Waals surface area (Å²) in [4.78, 5) is 1.95. The van der Waals surface area contributed by atoms with E-state index in [-0.39, 0.29) is 6.54 Å². The first-order valence-corrected chi connectivity index (χ1v) is 6.46. The van der Waals surface area contributed by atoms with Gasteiger partial charge in [0.1, 0.15) is 0 Å². The third-order valence-electron chi connectivity index (χ3n) is 3.40. The van der Waals surface area contributed by atoms with Crippen LogP contribution in [0.1, 0.15) is 33.1 Å². The number of hydrogen-bond donors (Lipinski definition) is 1. The fourth-order valence-corrected chi connectivity index (χ4v) is 2.35. The number of likely N-dealkylation sites (tertiary alicyclic amines) is 1. The van der Waals surface area contributed by atoms with Crippen LogP contribution in [0.2, 0.25) is 0 Å². The molecule has 0 bridgehead atoms. The first kappa shape index (κ1) is 14.8. The summed E-state index contributed by atoms with van der Waals surface area (Å²) in [6.07, 6.45) is -2.15. The van der Waals surface area contributed by atoms with Crippen LogP contribution in [-0.4, -0.2) is 43.3 Å². The molecule has 0 aliphatic carbocycles. The van der Waals surface area contributed by atoms with Crippen LogP contribution in [0.5, 0.6) is 0 Å². The standard InChI is InChI=1S/C12H23F3N2/c1-3-16-10(2)6-8-17-7-4-5-11(9-17)12(13,14)15/h10-11,16H,3-9H2,1-2H3. The molecule has 0 aromatic heterocycles. The van der Waals surface area contributed by atoms with Gasteiger partial charge in [0.25, 0.3) is 0 Å². The first-order chi connectivity index (χ1) is 7.93. The molecule has 1 rings (SSSR count). The van der Waals surface area contributed by atoms with Gasteiger partial charge >= 0.3 is 6.18 Å². The molecule has 1 saturated heterocycles. The second kappa shape index (κ2) is 6.59. The largest absolute Gasteiger partial charge is 0.393 e. The minimum absolute atomic E-state index is 0.183. The number of nitrogens with one attached hydrogen (secondary N) is 1. The summed E-state index contributed by atoms with van der Waals surface area (Å²) in [5.74, 6) is -1.12. The van der Waals surface area contributed by atoms with Gasteiger partial charge in [-0.1, -0.05) is 6.92 Å². The molecule has 0 radical (unpaired) electrons. The van der Waals surface area contributed by atoms with Gasteiger partial charge < -0.3 is 10.2 Å². The van der Waals surface area contributed by atoms with E-state index in [2.05, 4.69) is 12.2 Å². The molecule has 2 unspecified atom stereocenters. The van der Waals surface area contributed by atoms with E-state index in [0.29, 0.717) is 18.9 Å². The van der Waals surface area contributed by atoms with Crippen LogP contribution in [0.3, 0.4) is 0 Å². The highest BCUT2D eigenvalue weighted by Gasteiger charge is 2.41. The Kier molecular flexibility index (Phi) is 5.73. The van der Waals surface area contributed by atoms with Crippen molar-refractivity contribution < 1.29 is 13.2 Å². The van der Waals surface area contributed by atoms with E-state index in [0.717, 1.165) is 26.1 Å². The maximum absolute atomic E-state index is 12.6. The molecular weight excluding hydrogens is 229 g/mol. The zero-order chi connectivity index (χ0) is 12.9. The van der Waals surface area contributed by atoms with E-state index in [1.807, 2.05) is 11.8 Å². The maximum atomic E-state index is 12.6. The number of hydrogen-bond acceptors (Lipinski definition) is 2. The van der Waals surface area contributed by atoms with Crippen molar-refractivity contribution >= 4 is 0 Å². The fraction of sp³-hybridized carbons (Fsp3) is 1.00. The van der Waals surface area contributed by atoms with Crippen molar-refractivity contribution in [2.45, 2.75) is 45.3 Å². The average Bonchev–Trinajstić information content (AvgIpc) is 2.26. The Hall–Kier alpha value is -0.290. The van der Waals surface area contributed by atoms with E-state index < -0.39 is 12.1 Å². The van der Waals surface area contributed by atoms with Crippen LogP contribution in [0.4, 0.5) is 13.2 Å². The molecule has 0 saturated carbocycles. The Labute approximate surface area is 102 Å². The van der Waals surface area contributed by atoms with Crippen molar-refractivity contribution in [3.05, 3.63) is 0 Å². The summed E-state index contributed by atoms with van der Waals surface area (Å²) in [6.45, 7) is 6.78. The molecule has 2 nitrogen and oxygen atoms in total. The van der Waals surface area contributed by atoms with Gasteiger partial charge in [-0.15, -0.1) is 0 Å². The lowest BCUT2D eigenvalue weighted by molar-refractivity contribution is -0.186. The Morgan fingerprint density at radius 2 is 2.12 bits per heavy atom. The van der Waals surface area contributed by atoms with E-state index >= 15 is 0 Å². The highest BCUT2D eigenvalue weighted by molar-refractivity contribution is 4.78. The van der Waals surface area contributed by atoms with Gasteiger partial charge in [-0.05, 0) is 45.8 Å². The second-order valence-electron chi connectivity index (χ2n) is 4.93. The minimum Gasteiger partial charge on any atom is -0.314 e. The predicted octanol–water partition coefficient (Wildman–Crippen LogP) is 2.65. The van der Waals surface area contributed by atoms with E-state index in [4.69, 9.17) is 0 Å². The van der Waals surface area contributed by atoms with Crippen molar-refractivity contribution in [1.82, 2.24) is 10.2 Å². The molecule has 102 valence electrons. The fourth-order valence-electron chi connectivity index (χ4n) is 2.35. The summed E-state index contributed by atoms with van der Waals surface area (Å²) in [5, 5.41) is 3.28. The molecule has 1 heterocycles. The molecule has 1 fully saturated rings. The van der Waals surface area contributed by atoms with Gasteiger partial charge in [0, 0.05) is 12.6 Å². The highest BCUT2D eigenvalue weighted by atomic mass is 19.4. The molecule has 0 aromatic carbocycles. The predicted molar refractivity (Wildman–Crippen MR) is 63.0 cm³/mol. The lowest BCUT2D eigenvalue weighted by Gasteiger charge is -2.34. The SMILES string of the molecule is CCNC(C)CCN1CCCC(C(F)(F)F)C1. The third kappa shape index (κ3) is 5.25. The monoisotopic (exact) mass is 252 g/mol. The van der Waals surface area contributed by atoms with Crippen LogP contribution in [0, 0.1) is 5.92 Å². The molecule has 5 heteroatoms. The van der Waals surface area contributed by atoms with E-state index in [1.165, 1.54) is 0 Å². The van der Waals surface area contributed by atoms with Crippen molar-refractivity contribution in [2.24, 2.45) is 5.92 Å². The molecular formula is C12H23F3N2. The van der Waals surface area contributed by atoms with Gasteiger partial charge in [0.15, 0.2) is 0 Å². The zero-order valence-electron chi connectivity index (χ0n) is 10.7. The van der Waals surface area contributed by atoms with Gasteiger partial charge in [0.2, 0.25) is 0 Å². The number of piperidine rings is 1. The number of rotatable bonds is 5. The molecule has 0 amide bonds. The second-order valence-corrected chi connectivity index (χ2v) is 4.93. The highest BCUT2D eigenvalue weighted by Crippen LogP contribution is 2.33. The number of halogens is 3. The lowest BCUT2D eigenvalue weighted by atomic mass is 9.97. The van der Waals surface area contributed by atoms with Crippen LogP contribution in [0.15, 0.2) is 0 Å². The van der Waals surface area contributed by atoms with Gasteiger partial charge in [0.05, 0.1) is 5.92 Å². The Morgan fingerprint density at radius 3 is 2.71 bits per heavy atom. The molecule has 1 aliphatic heterocycles. The summed E-state index contributed by atoms with van der Waals surface area (Å²) in [6, 6.07) is 0.381. The minimum atomic E-state index is -4.02. The molecule has 0 spiro atoms. The maximum Gasteiger partial charge on any atom is 0.393 e. The molecule has 2 atom stereocenters. The van der Waals surface area contributed by atoms with Crippen molar-refractivity contribution in [2.75, 3.05) is 26.2 Å². The summed E-state index contributed by atoms with van der Waals surface area (Å²) in [5.41, 5.74) is 0. The van der Waals surface area contributed by atoms with Crippen LogP contribution in [0.25, 0.3) is 0 Å². The Morgan fingerprint density at radius 1 is 1.41 bits per heavy atom. The van der Waals surface area contributed by atoms with Crippen LogP contribution >= 0.6 is 0 Å². The van der Waals surface area contributed by atoms with Gasteiger partial charge in [-0.3, -0.25) is 0 Å². The van der Waals surface area contributed by atoms with E-state index in [1.54, 1.807) is 0 Å². The van der Waals surface area contributed by atoms with Gasteiger partial charge in [-0.25, -0.2) is 0 Å². The molecule has 1 N–H and O–H groups in total. The van der Waals surface area contributed by atoms with Crippen molar-refractivity contribution in [1.29, 1.82) is 0 Å². The Bertz CT molecular complexity index is 218. The normalized spacial score (nSPS) is 24.9. The molecule has 17 heavy (non-hydrogen) atoms. The topological polar surface area (TPSA) is 15.3 Å².